The van der Waals surface area contributed by atoms with Gasteiger partial charge in [0.25, 0.3) is 5.91 Å². The monoisotopic (exact) mass is 343 g/mol. The summed E-state index contributed by atoms with van der Waals surface area (Å²) >= 11 is 0. The maximum Gasteiger partial charge on any atom is 0.325 e. The smallest absolute Gasteiger partial charge is 0.325 e. The molecule has 1 aromatic carbocycles. The first-order valence-electron chi connectivity index (χ1n) is 8.86. The van der Waals surface area contributed by atoms with Gasteiger partial charge in [-0.15, -0.1) is 0 Å². The highest BCUT2D eigenvalue weighted by Crippen LogP contribution is 2.46. The Hall–Kier alpha value is -2.37. The van der Waals surface area contributed by atoms with E-state index in [1.807, 2.05) is 0 Å². The van der Waals surface area contributed by atoms with E-state index in [1.165, 1.54) is 4.90 Å². The first-order chi connectivity index (χ1) is 11.8. The van der Waals surface area contributed by atoms with Gasteiger partial charge in [0.15, 0.2) is 0 Å². The van der Waals surface area contributed by atoms with Gasteiger partial charge in [-0.25, -0.2) is 4.79 Å². The quantitative estimate of drug-likeness (QED) is 0.745. The van der Waals surface area contributed by atoms with Crippen molar-refractivity contribution in [1.29, 1.82) is 0 Å². The highest BCUT2D eigenvalue weighted by Gasteiger charge is 2.58. The first-order valence-corrected chi connectivity index (χ1v) is 8.86. The summed E-state index contributed by atoms with van der Waals surface area (Å²) in [6.07, 6.45) is 3.58. The summed E-state index contributed by atoms with van der Waals surface area (Å²) in [5.74, 6) is 0.128. The molecule has 25 heavy (non-hydrogen) atoms. The van der Waals surface area contributed by atoms with Crippen molar-refractivity contribution in [2.24, 2.45) is 17.6 Å². The van der Waals surface area contributed by atoms with Crippen molar-refractivity contribution in [3.05, 3.63) is 35.4 Å². The molecule has 1 aromatic rings. The van der Waals surface area contributed by atoms with Crippen molar-refractivity contribution in [1.82, 2.24) is 10.2 Å². The molecule has 1 aliphatic heterocycles. The number of carbonyl (C=O) groups is 3. The number of urea groups is 1. The van der Waals surface area contributed by atoms with Crippen LogP contribution in [0.4, 0.5) is 4.79 Å². The zero-order valence-corrected chi connectivity index (χ0v) is 14.7. The van der Waals surface area contributed by atoms with Crippen molar-refractivity contribution in [3.8, 4) is 0 Å². The summed E-state index contributed by atoms with van der Waals surface area (Å²) in [5.41, 5.74) is 5.71. The number of nitrogens with two attached hydrogens (primary N) is 1. The topological polar surface area (TPSA) is 92.5 Å². The SMILES string of the molecule is CC(C)CC[C@]1(C2CC2)NC(=O)N(Cc2ccc(C(N)=O)cc2)C1=O. The molecule has 134 valence electrons. The molecule has 2 aliphatic rings. The molecule has 1 saturated carbocycles. The molecule has 4 amide bonds. The van der Waals surface area contributed by atoms with E-state index in [0.717, 1.165) is 24.8 Å². The summed E-state index contributed by atoms with van der Waals surface area (Å²) in [5, 5.41) is 3.00. The van der Waals surface area contributed by atoms with E-state index >= 15 is 0 Å². The van der Waals surface area contributed by atoms with E-state index in [1.54, 1.807) is 24.3 Å². The zero-order valence-electron chi connectivity index (χ0n) is 14.7. The second-order valence-corrected chi connectivity index (χ2v) is 7.56. The van der Waals surface area contributed by atoms with Crippen LogP contribution in [0.1, 0.15) is 55.5 Å². The van der Waals surface area contributed by atoms with Crippen LogP contribution in [0.15, 0.2) is 24.3 Å². The van der Waals surface area contributed by atoms with E-state index in [9.17, 15) is 14.4 Å². The summed E-state index contributed by atoms with van der Waals surface area (Å²) in [7, 11) is 0. The lowest BCUT2D eigenvalue weighted by Gasteiger charge is -2.27. The number of hydrogen-bond acceptors (Lipinski definition) is 3. The minimum absolute atomic E-state index is 0.111. The van der Waals surface area contributed by atoms with Gasteiger partial charge < -0.3 is 11.1 Å². The lowest BCUT2D eigenvalue weighted by molar-refractivity contribution is -0.132. The van der Waals surface area contributed by atoms with Gasteiger partial charge in [-0.1, -0.05) is 26.0 Å². The number of rotatable bonds is 7. The van der Waals surface area contributed by atoms with E-state index in [-0.39, 0.29) is 24.4 Å². The van der Waals surface area contributed by atoms with E-state index in [4.69, 9.17) is 5.73 Å². The standard InChI is InChI=1S/C19H25N3O3/c1-12(2)9-10-19(15-7-8-15)17(24)22(18(25)21-19)11-13-3-5-14(6-4-13)16(20)23/h3-6,12,15H,7-11H2,1-2H3,(H2,20,23)(H,21,25)/t19-/m1/s1. The Bertz CT molecular complexity index is 694. The number of carbonyl (C=O) groups excluding carboxylic acids is 3. The predicted octanol–water partition coefficient (Wildman–Crippen LogP) is 2.42. The third-order valence-corrected chi connectivity index (χ3v) is 5.17. The van der Waals surface area contributed by atoms with Crippen LogP contribution in [0.25, 0.3) is 0 Å². The Morgan fingerprint density at radius 2 is 1.92 bits per heavy atom. The average molecular weight is 343 g/mol. The lowest BCUT2D eigenvalue weighted by atomic mass is 9.85. The van der Waals surface area contributed by atoms with E-state index < -0.39 is 11.4 Å². The minimum Gasteiger partial charge on any atom is -0.366 e. The van der Waals surface area contributed by atoms with Crippen molar-refractivity contribution in [2.75, 3.05) is 0 Å². The maximum absolute atomic E-state index is 13.1. The van der Waals surface area contributed by atoms with Crippen LogP contribution in [-0.2, 0) is 11.3 Å². The second kappa shape index (κ2) is 6.50. The number of amides is 4. The van der Waals surface area contributed by atoms with Crippen LogP contribution in [-0.4, -0.2) is 28.3 Å². The summed E-state index contributed by atoms with van der Waals surface area (Å²) in [6, 6.07) is 6.36. The predicted molar refractivity (Wildman–Crippen MR) is 93.6 cm³/mol. The third kappa shape index (κ3) is 3.38. The normalized spacial score (nSPS) is 23.2. The summed E-state index contributed by atoms with van der Waals surface area (Å²) in [4.78, 5) is 38.0. The molecule has 1 atom stereocenters. The molecular weight excluding hydrogens is 318 g/mol. The Labute approximate surface area is 147 Å². The molecule has 1 aliphatic carbocycles. The third-order valence-electron chi connectivity index (χ3n) is 5.17. The second-order valence-electron chi connectivity index (χ2n) is 7.56. The molecule has 6 heteroatoms. The zero-order chi connectivity index (χ0) is 18.2. The maximum atomic E-state index is 13.1. The van der Waals surface area contributed by atoms with Crippen LogP contribution in [0, 0.1) is 11.8 Å². The molecule has 1 heterocycles. The number of nitrogens with zero attached hydrogens (tertiary/aromatic N) is 1. The highest BCUT2D eigenvalue weighted by atomic mass is 16.2. The number of nitrogens with one attached hydrogen (secondary N) is 1. The molecule has 0 radical (unpaired) electrons. The van der Waals surface area contributed by atoms with Gasteiger partial charge in [0.1, 0.15) is 5.54 Å². The van der Waals surface area contributed by atoms with Crippen molar-refractivity contribution in [3.63, 3.8) is 0 Å². The molecule has 3 rings (SSSR count). The van der Waals surface area contributed by atoms with Crippen molar-refractivity contribution >= 4 is 17.8 Å². The average Bonchev–Trinajstić information content (AvgIpc) is 3.38. The molecule has 6 nitrogen and oxygen atoms in total. The van der Waals surface area contributed by atoms with Crippen LogP contribution < -0.4 is 11.1 Å². The Morgan fingerprint density at radius 1 is 1.28 bits per heavy atom. The number of primary amides is 1. The molecule has 0 unspecified atom stereocenters. The minimum atomic E-state index is -0.728. The van der Waals surface area contributed by atoms with Crippen LogP contribution in [0.2, 0.25) is 0 Å². The lowest BCUT2D eigenvalue weighted by Crippen LogP contribution is -2.49. The van der Waals surface area contributed by atoms with Crippen LogP contribution in [0.5, 0.6) is 0 Å². The number of benzene rings is 1. The number of imide groups is 1. The van der Waals surface area contributed by atoms with Gasteiger partial charge in [0.2, 0.25) is 5.91 Å². The highest BCUT2D eigenvalue weighted by molar-refractivity contribution is 6.07. The summed E-state index contributed by atoms with van der Waals surface area (Å²) in [6.45, 7) is 4.46. The van der Waals surface area contributed by atoms with Gasteiger partial charge in [-0.2, -0.15) is 0 Å². The van der Waals surface area contributed by atoms with Gasteiger partial charge in [0.05, 0.1) is 6.54 Å². The van der Waals surface area contributed by atoms with Gasteiger partial charge in [-0.05, 0) is 55.2 Å². The fourth-order valence-electron chi connectivity index (χ4n) is 3.49. The van der Waals surface area contributed by atoms with Crippen LogP contribution >= 0.6 is 0 Å². The Kier molecular flexibility index (Phi) is 4.54. The molecule has 0 bridgehead atoms. The largest absolute Gasteiger partial charge is 0.366 e. The molecule has 3 N–H and O–H groups in total. The van der Waals surface area contributed by atoms with E-state index in [0.29, 0.717) is 17.9 Å². The Balaban J connectivity index is 1.77. The van der Waals surface area contributed by atoms with Crippen molar-refractivity contribution < 1.29 is 14.4 Å². The molecule has 2 fully saturated rings. The molecule has 1 saturated heterocycles. The molecule has 0 spiro atoms. The first kappa shape index (κ1) is 17.5. The van der Waals surface area contributed by atoms with Crippen molar-refractivity contribution in [2.45, 2.75) is 51.6 Å². The molecular formula is C19H25N3O3. The summed E-state index contributed by atoms with van der Waals surface area (Å²) < 4.78 is 0. The van der Waals surface area contributed by atoms with Gasteiger partial charge in [0, 0.05) is 5.56 Å². The number of hydrogen-bond donors (Lipinski definition) is 2. The van der Waals surface area contributed by atoms with Gasteiger partial charge in [-0.3, -0.25) is 14.5 Å². The van der Waals surface area contributed by atoms with Gasteiger partial charge >= 0.3 is 6.03 Å². The fraction of sp³-hybridized carbons (Fsp3) is 0.526. The Morgan fingerprint density at radius 3 is 2.44 bits per heavy atom. The van der Waals surface area contributed by atoms with E-state index in [2.05, 4.69) is 19.2 Å². The molecule has 0 aromatic heterocycles. The fourth-order valence-corrected chi connectivity index (χ4v) is 3.49. The van der Waals surface area contributed by atoms with Crippen LogP contribution in [0.3, 0.4) is 0 Å².